The molecule has 1 fully saturated rings. The second kappa shape index (κ2) is 6.00. The van der Waals surface area contributed by atoms with Crippen molar-refractivity contribution < 1.29 is 23.8 Å². The molecule has 4 unspecified atom stereocenters. The number of esters is 2. The molecule has 5 heteroatoms. The Morgan fingerprint density at radius 3 is 1.53 bits per heavy atom. The molecule has 1 rings (SSSR count). The summed E-state index contributed by atoms with van der Waals surface area (Å²) in [5, 5.41) is 0. The van der Waals surface area contributed by atoms with E-state index in [4.69, 9.17) is 14.2 Å². The Morgan fingerprint density at radius 2 is 1.29 bits per heavy atom. The van der Waals surface area contributed by atoms with Gasteiger partial charge in [0.1, 0.15) is 0 Å². The molecule has 0 saturated carbocycles. The molecule has 5 nitrogen and oxygen atoms in total. The number of carbonyl (C=O) groups excluding carboxylic acids is 2. The van der Waals surface area contributed by atoms with Crippen LogP contribution in [-0.4, -0.2) is 38.4 Å². The molecule has 0 N–H and O–H groups in total. The van der Waals surface area contributed by atoms with E-state index < -0.39 is 23.8 Å². The van der Waals surface area contributed by atoms with Gasteiger partial charge in [0.2, 0.25) is 0 Å². The van der Waals surface area contributed by atoms with Crippen molar-refractivity contribution in [3.8, 4) is 0 Å². The molecule has 0 spiro atoms. The third-order valence-electron chi connectivity index (χ3n) is 3.29. The Morgan fingerprint density at radius 1 is 0.941 bits per heavy atom. The molecule has 1 saturated heterocycles. The smallest absolute Gasteiger partial charge is 0.312 e. The second-order valence-electron chi connectivity index (χ2n) is 4.13. The minimum Gasteiger partial charge on any atom is -0.469 e. The quantitative estimate of drug-likeness (QED) is 0.694. The largest absolute Gasteiger partial charge is 0.469 e. The molecule has 0 radical (unpaired) electrons. The molecule has 17 heavy (non-hydrogen) atoms. The number of rotatable bonds is 4. The lowest BCUT2D eigenvalue weighted by Crippen LogP contribution is -2.36. The summed E-state index contributed by atoms with van der Waals surface area (Å²) >= 11 is 0. The maximum absolute atomic E-state index is 11.8. The minimum absolute atomic E-state index is 0.267. The van der Waals surface area contributed by atoms with Crippen molar-refractivity contribution >= 4 is 11.9 Å². The van der Waals surface area contributed by atoms with Gasteiger partial charge in [0.05, 0.1) is 38.3 Å². The van der Waals surface area contributed by atoms with Crippen LogP contribution in [-0.2, 0) is 23.8 Å². The summed E-state index contributed by atoms with van der Waals surface area (Å²) in [4.78, 5) is 23.5. The fourth-order valence-corrected chi connectivity index (χ4v) is 2.43. The van der Waals surface area contributed by atoms with E-state index in [0.29, 0.717) is 12.8 Å². The topological polar surface area (TPSA) is 61.8 Å². The highest BCUT2D eigenvalue weighted by Crippen LogP contribution is 2.37. The number of carbonyl (C=O) groups is 2. The van der Waals surface area contributed by atoms with E-state index in [1.54, 1.807) is 0 Å². The van der Waals surface area contributed by atoms with Crippen LogP contribution in [0.25, 0.3) is 0 Å². The van der Waals surface area contributed by atoms with Crippen molar-refractivity contribution in [1.82, 2.24) is 0 Å². The summed E-state index contributed by atoms with van der Waals surface area (Å²) in [7, 11) is 2.64. The van der Waals surface area contributed by atoms with Crippen molar-refractivity contribution in [2.75, 3.05) is 14.2 Å². The van der Waals surface area contributed by atoms with Gasteiger partial charge in [0.15, 0.2) is 0 Å². The first-order chi connectivity index (χ1) is 8.10. The van der Waals surface area contributed by atoms with E-state index in [1.807, 2.05) is 13.8 Å². The fourth-order valence-electron chi connectivity index (χ4n) is 2.43. The molecule has 0 aromatic carbocycles. The van der Waals surface area contributed by atoms with Crippen LogP contribution in [0.4, 0.5) is 0 Å². The van der Waals surface area contributed by atoms with Crippen molar-refractivity contribution in [2.24, 2.45) is 11.8 Å². The van der Waals surface area contributed by atoms with Gasteiger partial charge in [0.25, 0.3) is 0 Å². The van der Waals surface area contributed by atoms with Crippen LogP contribution < -0.4 is 0 Å². The maximum Gasteiger partial charge on any atom is 0.312 e. The van der Waals surface area contributed by atoms with E-state index in [9.17, 15) is 9.59 Å². The lowest BCUT2D eigenvalue weighted by Gasteiger charge is -2.19. The summed E-state index contributed by atoms with van der Waals surface area (Å²) in [5.74, 6) is -1.91. The maximum atomic E-state index is 11.8. The van der Waals surface area contributed by atoms with Crippen LogP contribution >= 0.6 is 0 Å². The van der Waals surface area contributed by atoms with Gasteiger partial charge in [-0.1, -0.05) is 13.8 Å². The van der Waals surface area contributed by atoms with Crippen LogP contribution in [0.3, 0.4) is 0 Å². The third-order valence-corrected chi connectivity index (χ3v) is 3.29. The zero-order valence-corrected chi connectivity index (χ0v) is 10.8. The average Bonchev–Trinajstić information content (AvgIpc) is 2.75. The van der Waals surface area contributed by atoms with Crippen LogP contribution in [0, 0.1) is 11.8 Å². The summed E-state index contributed by atoms with van der Waals surface area (Å²) in [6.07, 6.45) is 0.807. The summed E-state index contributed by atoms with van der Waals surface area (Å²) in [6, 6.07) is 0. The molecule has 0 aromatic rings. The summed E-state index contributed by atoms with van der Waals surface area (Å²) < 4.78 is 15.2. The molecule has 0 aromatic heterocycles. The Kier molecular flexibility index (Phi) is 4.93. The van der Waals surface area contributed by atoms with Gasteiger partial charge in [0, 0.05) is 0 Å². The second-order valence-corrected chi connectivity index (χ2v) is 4.13. The van der Waals surface area contributed by atoms with Gasteiger partial charge in [-0.05, 0) is 12.8 Å². The van der Waals surface area contributed by atoms with Crippen molar-refractivity contribution in [2.45, 2.75) is 38.9 Å². The molecule has 0 aliphatic carbocycles. The van der Waals surface area contributed by atoms with Crippen molar-refractivity contribution in [1.29, 1.82) is 0 Å². The predicted molar refractivity (Wildman–Crippen MR) is 60.3 cm³/mol. The molecule has 4 atom stereocenters. The molecule has 1 aliphatic heterocycles. The molecule has 1 aliphatic rings. The number of hydrogen-bond acceptors (Lipinski definition) is 5. The lowest BCUT2D eigenvalue weighted by molar-refractivity contribution is -0.157. The molecular formula is C12H20O5. The minimum atomic E-state index is -0.553. The Balaban J connectivity index is 2.99. The number of hydrogen-bond donors (Lipinski definition) is 0. The molecule has 0 amide bonds. The van der Waals surface area contributed by atoms with Crippen molar-refractivity contribution in [3.63, 3.8) is 0 Å². The van der Waals surface area contributed by atoms with E-state index in [1.165, 1.54) is 14.2 Å². The fraction of sp³-hybridized carbons (Fsp3) is 0.833. The Bertz CT molecular complexity index is 261. The SMILES string of the molecule is CCC1OC(CC)C(C(=O)OC)C1C(=O)OC. The summed E-state index contributed by atoms with van der Waals surface area (Å²) in [6.45, 7) is 3.85. The third kappa shape index (κ3) is 2.60. The Hall–Kier alpha value is -1.10. The van der Waals surface area contributed by atoms with Gasteiger partial charge >= 0.3 is 11.9 Å². The van der Waals surface area contributed by atoms with Gasteiger partial charge in [-0.3, -0.25) is 9.59 Å². The number of methoxy groups -OCH3 is 2. The van der Waals surface area contributed by atoms with Crippen LogP contribution in [0.1, 0.15) is 26.7 Å². The van der Waals surface area contributed by atoms with Gasteiger partial charge < -0.3 is 14.2 Å². The van der Waals surface area contributed by atoms with Crippen molar-refractivity contribution in [3.05, 3.63) is 0 Å². The molecule has 1 heterocycles. The zero-order valence-electron chi connectivity index (χ0n) is 10.8. The van der Waals surface area contributed by atoms with Gasteiger partial charge in [-0.25, -0.2) is 0 Å². The average molecular weight is 244 g/mol. The van der Waals surface area contributed by atoms with Gasteiger partial charge in [-0.2, -0.15) is 0 Å². The van der Waals surface area contributed by atoms with Crippen LogP contribution in [0.15, 0.2) is 0 Å². The normalized spacial score (nSPS) is 32.2. The lowest BCUT2D eigenvalue weighted by atomic mass is 9.85. The first-order valence-corrected chi connectivity index (χ1v) is 5.91. The zero-order chi connectivity index (χ0) is 13.0. The monoisotopic (exact) mass is 244 g/mol. The molecule has 0 bridgehead atoms. The van der Waals surface area contributed by atoms with Crippen LogP contribution in [0.5, 0.6) is 0 Å². The summed E-state index contributed by atoms with van der Waals surface area (Å²) in [5.41, 5.74) is 0. The van der Waals surface area contributed by atoms with E-state index in [0.717, 1.165) is 0 Å². The first kappa shape index (κ1) is 14.0. The standard InChI is InChI=1S/C12H20O5/c1-5-7-9(11(13)15-3)10(12(14)16-4)8(6-2)17-7/h7-10H,5-6H2,1-4H3. The van der Waals surface area contributed by atoms with E-state index in [2.05, 4.69) is 0 Å². The Labute approximate surface area is 101 Å². The predicted octanol–water partition coefficient (Wildman–Crippen LogP) is 1.15. The highest BCUT2D eigenvalue weighted by atomic mass is 16.5. The van der Waals surface area contributed by atoms with Gasteiger partial charge in [-0.15, -0.1) is 0 Å². The highest BCUT2D eigenvalue weighted by molar-refractivity contribution is 5.83. The molecule has 98 valence electrons. The van der Waals surface area contributed by atoms with E-state index >= 15 is 0 Å². The van der Waals surface area contributed by atoms with Crippen LogP contribution in [0.2, 0.25) is 0 Å². The number of ether oxygens (including phenoxy) is 3. The molecular weight excluding hydrogens is 224 g/mol. The van der Waals surface area contributed by atoms with E-state index in [-0.39, 0.29) is 12.2 Å². The first-order valence-electron chi connectivity index (χ1n) is 5.91. The highest BCUT2D eigenvalue weighted by Gasteiger charge is 2.51.